The fourth-order valence-electron chi connectivity index (χ4n) is 2.17. The van der Waals surface area contributed by atoms with Crippen LogP contribution >= 0.6 is 0 Å². The van der Waals surface area contributed by atoms with Crippen molar-refractivity contribution in [1.29, 1.82) is 0 Å². The molecule has 0 fully saturated rings. The summed E-state index contributed by atoms with van der Waals surface area (Å²) in [4.78, 5) is 4.21. The van der Waals surface area contributed by atoms with Gasteiger partial charge in [-0.1, -0.05) is 13.8 Å². The van der Waals surface area contributed by atoms with Crippen LogP contribution in [0.1, 0.15) is 44.8 Å². The van der Waals surface area contributed by atoms with E-state index in [1.807, 2.05) is 12.5 Å². The van der Waals surface area contributed by atoms with Gasteiger partial charge in [-0.25, -0.2) is 4.98 Å². The Labute approximate surface area is 109 Å². The van der Waals surface area contributed by atoms with Crippen molar-refractivity contribution < 1.29 is 5.11 Å². The molecule has 1 rings (SSSR count). The maximum absolute atomic E-state index is 9.03. The topological polar surface area (TPSA) is 76.1 Å². The molecule has 2 unspecified atom stereocenters. The number of aliphatic hydroxyl groups is 1. The fourth-order valence-corrected chi connectivity index (χ4v) is 2.17. The average Bonchev–Trinajstić information content (AvgIpc) is 2.83. The Bertz CT molecular complexity index is 327. The molecule has 0 saturated heterocycles. The lowest BCUT2D eigenvalue weighted by Crippen LogP contribution is -2.38. The van der Waals surface area contributed by atoms with Gasteiger partial charge in [-0.05, 0) is 19.3 Å². The van der Waals surface area contributed by atoms with Crippen LogP contribution in [-0.2, 0) is 6.54 Å². The third-order valence-corrected chi connectivity index (χ3v) is 3.21. The highest BCUT2D eigenvalue weighted by Crippen LogP contribution is 2.14. The molecule has 1 heterocycles. The lowest BCUT2D eigenvalue weighted by Gasteiger charge is -2.24. The molecule has 0 aliphatic heterocycles. The van der Waals surface area contributed by atoms with E-state index in [0.29, 0.717) is 12.6 Å². The number of aliphatic hydroxyl groups excluding tert-OH is 1. The largest absolute Gasteiger partial charge is 0.396 e. The summed E-state index contributed by atoms with van der Waals surface area (Å²) < 4.78 is 2.15. The van der Waals surface area contributed by atoms with E-state index in [4.69, 9.17) is 10.8 Å². The number of nitrogens with one attached hydrogen (secondary N) is 1. The van der Waals surface area contributed by atoms with Crippen LogP contribution in [0.15, 0.2) is 12.5 Å². The van der Waals surface area contributed by atoms with Gasteiger partial charge in [0, 0.05) is 31.9 Å². The van der Waals surface area contributed by atoms with Crippen LogP contribution in [0.5, 0.6) is 0 Å². The molecule has 0 spiro atoms. The SMILES string of the molecule is CCCn1cncc1C(CN)NC(CC)CCO. The van der Waals surface area contributed by atoms with Crippen molar-refractivity contribution >= 4 is 0 Å². The summed E-state index contributed by atoms with van der Waals surface area (Å²) in [5.41, 5.74) is 7.00. The minimum atomic E-state index is 0.107. The molecule has 0 amide bonds. The van der Waals surface area contributed by atoms with Crippen molar-refractivity contribution in [1.82, 2.24) is 14.9 Å². The normalized spacial score (nSPS) is 14.7. The van der Waals surface area contributed by atoms with Crippen LogP contribution in [0.2, 0.25) is 0 Å². The molecule has 0 saturated carbocycles. The molecule has 18 heavy (non-hydrogen) atoms. The van der Waals surface area contributed by atoms with Crippen molar-refractivity contribution in [2.45, 2.75) is 51.7 Å². The van der Waals surface area contributed by atoms with E-state index in [1.54, 1.807) is 0 Å². The Hall–Kier alpha value is -0.910. The Morgan fingerprint density at radius 2 is 2.28 bits per heavy atom. The number of imidazole rings is 1. The molecule has 4 N–H and O–H groups in total. The van der Waals surface area contributed by atoms with Gasteiger partial charge in [0.2, 0.25) is 0 Å². The van der Waals surface area contributed by atoms with Gasteiger partial charge in [-0.15, -0.1) is 0 Å². The van der Waals surface area contributed by atoms with Crippen molar-refractivity contribution in [3.05, 3.63) is 18.2 Å². The molecular formula is C13H26N4O. The Morgan fingerprint density at radius 3 is 2.83 bits per heavy atom. The van der Waals surface area contributed by atoms with Gasteiger partial charge in [0.05, 0.1) is 18.1 Å². The van der Waals surface area contributed by atoms with E-state index in [9.17, 15) is 0 Å². The summed E-state index contributed by atoms with van der Waals surface area (Å²) in [6.45, 7) is 5.97. The van der Waals surface area contributed by atoms with Crippen LogP contribution in [-0.4, -0.2) is 33.9 Å². The zero-order valence-electron chi connectivity index (χ0n) is 11.5. The van der Waals surface area contributed by atoms with E-state index in [2.05, 4.69) is 28.7 Å². The summed E-state index contributed by atoms with van der Waals surface area (Å²) in [5, 5.41) is 12.5. The smallest absolute Gasteiger partial charge is 0.0948 e. The third kappa shape index (κ3) is 4.08. The summed E-state index contributed by atoms with van der Waals surface area (Å²) in [6, 6.07) is 0.407. The van der Waals surface area contributed by atoms with E-state index in [-0.39, 0.29) is 12.6 Å². The van der Waals surface area contributed by atoms with Crippen molar-refractivity contribution in [2.75, 3.05) is 13.2 Å². The minimum Gasteiger partial charge on any atom is -0.396 e. The number of hydrogen-bond acceptors (Lipinski definition) is 4. The number of nitrogens with two attached hydrogens (primary N) is 1. The number of nitrogens with zero attached hydrogens (tertiary/aromatic N) is 2. The van der Waals surface area contributed by atoms with Gasteiger partial charge in [0.1, 0.15) is 0 Å². The Balaban J connectivity index is 2.72. The molecule has 0 radical (unpaired) electrons. The van der Waals surface area contributed by atoms with Gasteiger partial charge in [-0.3, -0.25) is 0 Å². The Kier molecular flexibility index (Phi) is 6.93. The first kappa shape index (κ1) is 15.1. The molecule has 0 bridgehead atoms. The molecule has 104 valence electrons. The molecule has 1 aromatic heterocycles. The first-order valence-corrected chi connectivity index (χ1v) is 6.83. The monoisotopic (exact) mass is 254 g/mol. The first-order valence-electron chi connectivity index (χ1n) is 6.83. The zero-order chi connectivity index (χ0) is 13.4. The lowest BCUT2D eigenvalue weighted by atomic mass is 10.1. The molecule has 5 heteroatoms. The fraction of sp³-hybridized carbons (Fsp3) is 0.769. The molecular weight excluding hydrogens is 228 g/mol. The summed E-state index contributed by atoms with van der Waals surface area (Å²) in [7, 11) is 0. The van der Waals surface area contributed by atoms with Crippen LogP contribution in [0.4, 0.5) is 0 Å². The van der Waals surface area contributed by atoms with Crippen molar-refractivity contribution in [3.8, 4) is 0 Å². The molecule has 5 nitrogen and oxygen atoms in total. The summed E-state index contributed by atoms with van der Waals surface area (Å²) >= 11 is 0. The second kappa shape index (κ2) is 8.24. The van der Waals surface area contributed by atoms with Gasteiger partial charge in [0.25, 0.3) is 0 Å². The van der Waals surface area contributed by atoms with Crippen LogP contribution in [0, 0.1) is 0 Å². The number of aryl methyl sites for hydroxylation is 1. The molecule has 0 aromatic carbocycles. The predicted molar refractivity (Wildman–Crippen MR) is 73.2 cm³/mol. The highest BCUT2D eigenvalue weighted by atomic mass is 16.3. The van der Waals surface area contributed by atoms with Crippen LogP contribution in [0.3, 0.4) is 0 Å². The molecule has 0 aliphatic carbocycles. The van der Waals surface area contributed by atoms with E-state index in [0.717, 1.165) is 31.5 Å². The van der Waals surface area contributed by atoms with Gasteiger partial charge < -0.3 is 20.7 Å². The number of rotatable bonds is 9. The van der Waals surface area contributed by atoms with E-state index >= 15 is 0 Å². The van der Waals surface area contributed by atoms with Crippen LogP contribution < -0.4 is 11.1 Å². The maximum atomic E-state index is 9.03. The number of hydrogen-bond donors (Lipinski definition) is 3. The van der Waals surface area contributed by atoms with Gasteiger partial charge in [0.15, 0.2) is 0 Å². The standard InChI is InChI=1S/C13H26N4O/c1-3-6-17-10-15-9-13(17)12(8-14)16-11(4-2)5-7-18/h9-12,16,18H,3-8,14H2,1-2H3. The highest BCUT2D eigenvalue weighted by molar-refractivity contribution is 5.06. The second-order valence-electron chi connectivity index (χ2n) is 4.58. The van der Waals surface area contributed by atoms with Crippen molar-refractivity contribution in [2.24, 2.45) is 5.73 Å². The van der Waals surface area contributed by atoms with Crippen LogP contribution in [0.25, 0.3) is 0 Å². The average molecular weight is 254 g/mol. The summed E-state index contributed by atoms with van der Waals surface area (Å²) in [6.07, 6.45) is 6.56. The highest BCUT2D eigenvalue weighted by Gasteiger charge is 2.17. The quantitative estimate of drug-likeness (QED) is 0.615. The number of aromatic nitrogens is 2. The molecule has 1 aromatic rings. The maximum Gasteiger partial charge on any atom is 0.0948 e. The molecule has 0 aliphatic rings. The van der Waals surface area contributed by atoms with Crippen molar-refractivity contribution in [3.63, 3.8) is 0 Å². The lowest BCUT2D eigenvalue weighted by molar-refractivity contribution is 0.254. The minimum absolute atomic E-state index is 0.107. The first-order chi connectivity index (χ1) is 8.76. The third-order valence-electron chi connectivity index (χ3n) is 3.21. The molecule has 2 atom stereocenters. The zero-order valence-corrected chi connectivity index (χ0v) is 11.5. The Morgan fingerprint density at radius 1 is 1.50 bits per heavy atom. The van der Waals surface area contributed by atoms with Gasteiger partial charge in [-0.2, -0.15) is 0 Å². The summed E-state index contributed by atoms with van der Waals surface area (Å²) in [5.74, 6) is 0. The van der Waals surface area contributed by atoms with E-state index < -0.39 is 0 Å². The van der Waals surface area contributed by atoms with E-state index in [1.165, 1.54) is 0 Å². The predicted octanol–water partition coefficient (Wildman–Crippen LogP) is 1.04. The van der Waals surface area contributed by atoms with Gasteiger partial charge >= 0.3 is 0 Å². The second-order valence-corrected chi connectivity index (χ2v) is 4.58.